The number of carbonyl (C=O) groups is 1. The van der Waals surface area contributed by atoms with Gasteiger partial charge in [0.1, 0.15) is 4.88 Å². The lowest BCUT2D eigenvalue weighted by atomic mass is 10.1. The number of rotatable bonds is 4. The van der Waals surface area contributed by atoms with E-state index in [2.05, 4.69) is 30.8 Å². The molecule has 0 bridgehead atoms. The van der Waals surface area contributed by atoms with Crippen molar-refractivity contribution in [1.82, 2.24) is 14.9 Å². The molecule has 0 saturated heterocycles. The van der Waals surface area contributed by atoms with E-state index in [0.29, 0.717) is 10.3 Å². The van der Waals surface area contributed by atoms with Crippen LogP contribution in [0.5, 0.6) is 0 Å². The van der Waals surface area contributed by atoms with Crippen LogP contribution in [-0.4, -0.2) is 27.4 Å². The largest absolute Gasteiger partial charge is 0.351 e. The molecule has 0 aliphatic heterocycles. The molecule has 1 aliphatic rings. The van der Waals surface area contributed by atoms with Crippen molar-refractivity contribution in [3.63, 3.8) is 0 Å². The van der Waals surface area contributed by atoms with Crippen LogP contribution in [0.2, 0.25) is 0 Å². The molecule has 1 amide bonds. The highest BCUT2D eigenvalue weighted by atomic mass is 79.9. The van der Waals surface area contributed by atoms with Gasteiger partial charge in [-0.15, -0.1) is 5.10 Å². The van der Waals surface area contributed by atoms with Crippen molar-refractivity contribution >= 4 is 33.4 Å². The maximum atomic E-state index is 11.5. The molecule has 4 nitrogen and oxygen atoms in total. The van der Waals surface area contributed by atoms with Gasteiger partial charge < -0.3 is 5.32 Å². The highest BCUT2D eigenvalue weighted by molar-refractivity contribution is 9.09. The van der Waals surface area contributed by atoms with E-state index in [9.17, 15) is 4.79 Å². The SMILES string of the molecule is O=C(NCC1(CBr)CC1)c1cnns1. The van der Waals surface area contributed by atoms with Crippen LogP contribution in [-0.2, 0) is 0 Å². The molecule has 1 aromatic heterocycles. The molecule has 6 heteroatoms. The quantitative estimate of drug-likeness (QED) is 0.847. The van der Waals surface area contributed by atoms with E-state index < -0.39 is 0 Å². The third-order valence-corrected chi connectivity index (χ3v) is 4.30. The summed E-state index contributed by atoms with van der Waals surface area (Å²) < 4.78 is 3.65. The van der Waals surface area contributed by atoms with Gasteiger partial charge in [-0.1, -0.05) is 20.4 Å². The minimum atomic E-state index is -0.0628. The van der Waals surface area contributed by atoms with Crippen LogP contribution in [0.4, 0.5) is 0 Å². The van der Waals surface area contributed by atoms with Gasteiger partial charge in [-0.25, -0.2) is 0 Å². The van der Waals surface area contributed by atoms with Crippen LogP contribution < -0.4 is 5.32 Å². The smallest absolute Gasteiger partial charge is 0.264 e. The minimum Gasteiger partial charge on any atom is -0.351 e. The molecule has 0 spiro atoms. The predicted molar refractivity (Wildman–Crippen MR) is 57.7 cm³/mol. The molecule has 1 heterocycles. The maximum Gasteiger partial charge on any atom is 0.264 e. The Bertz CT molecular complexity index is 323. The van der Waals surface area contributed by atoms with Crippen molar-refractivity contribution < 1.29 is 4.79 Å². The molecule has 0 aromatic carbocycles. The topological polar surface area (TPSA) is 54.9 Å². The highest BCUT2D eigenvalue weighted by Gasteiger charge is 2.41. The van der Waals surface area contributed by atoms with E-state index in [4.69, 9.17) is 0 Å². The number of alkyl halides is 1. The number of hydrogen-bond donors (Lipinski definition) is 1. The number of amides is 1. The van der Waals surface area contributed by atoms with E-state index in [1.165, 1.54) is 19.0 Å². The van der Waals surface area contributed by atoms with Gasteiger partial charge in [-0.2, -0.15) is 0 Å². The van der Waals surface area contributed by atoms with E-state index in [0.717, 1.165) is 23.4 Å². The summed E-state index contributed by atoms with van der Waals surface area (Å²) in [5, 5.41) is 7.48. The van der Waals surface area contributed by atoms with Crippen molar-refractivity contribution in [1.29, 1.82) is 0 Å². The Morgan fingerprint density at radius 2 is 2.50 bits per heavy atom. The lowest BCUT2D eigenvalue weighted by molar-refractivity contribution is 0.0950. The second-order valence-corrected chi connectivity index (χ2v) is 4.94. The van der Waals surface area contributed by atoms with Crippen LogP contribution in [0.1, 0.15) is 22.5 Å². The average molecular weight is 276 g/mol. The average Bonchev–Trinajstić information content (AvgIpc) is 2.78. The van der Waals surface area contributed by atoms with Gasteiger partial charge >= 0.3 is 0 Å². The van der Waals surface area contributed by atoms with Crippen molar-refractivity contribution in [2.24, 2.45) is 5.41 Å². The van der Waals surface area contributed by atoms with Crippen molar-refractivity contribution in [2.45, 2.75) is 12.8 Å². The summed E-state index contributed by atoms with van der Waals surface area (Å²) in [5.41, 5.74) is 0.313. The standard InChI is InChI=1S/C8H10BrN3OS/c9-4-8(1-2-8)5-10-7(13)6-3-11-12-14-6/h3H,1-2,4-5H2,(H,10,13). The fraction of sp³-hybridized carbons (Fsp3) is 0.625. The molecule has 1 aliphatic carbocycles. The van der Waals surface area contributed by atoms with Crippen LogP contribution in [0.3, 0.4) is 0 Å². The molecule has 1 saturated carbocycles. The molecular formula is C8H10BrN3OS. The first-order valence-corrected chi connectivity index (χ1v) is 6.27. The van der Waals surface area contributed by atoms with Gasteiger partial charge in [0.15, 0.2) is 0 Å². The summed E-state index contributed by atoms with van der Waals surface area (Å²) in [6.07, 6.45) is 3.88. The first-order valence-electron chi connectivity index (χ1n) is 4.37. The van der Waals surface area contributed by atoms with Crippen LogP contribution in [0.25, 0.3) is 0 Å². The Morgan fingerprint density at radius 3 is 3.00 bits per heavy atom. The number of nitrogens with one attached hydrogen (secondary N) is 1. The normalized spacial score (nSPS) is 17.8. The summed E-state index contributed by atoms with van der Waals surface area (Å²) in [7, 11) is 0. The third-order valence-electron chi connectivity index (χ3n) is 2.45. The number of nitrogens with zero attached hydrogens (tertiary/aromatic N) is 2. The third kappa shape index (κ3) is 2.12. The highest BCUT2D eigenvalue weighted by Crippen LogP contribution is 2.46. The van der Waals surface area contributed by atoms with Gasteiger partial charge in [-0.3, -0.25) is 4.79 Å². The summed E-state index contributed by atoms with van der Waals surface area (Å²) in [6, 6.07) is 0. The number of aromatic nitrogens is 2. The van der Waals surface area contributed by atoms with Gasteiger partial charge in [0.25, 0.3) is 5.91 Å². The number of carbonyl (C=O) groups excluding carboxylic acids is 1. The van der Waals surface area contributed by atoms with Crippen molar-refractivity contribution in [2.75, 3.05) is 11.9 Å². The zero-order chi connectivity index (χ0) is 10.0. The maximum absolute atomic E-state index is 11.5. The summed E-state index contributed by atoms with van der Waals surface area (Å²) in [6.45, 7) is 0.745. The second-order valence-electron chi connectivity index (χ2n) is 3.60. The van der Waals surface area contributed by atoms with Gasteiger partial charge in [0, 0.05) is 11.9 Å². The summed E-state index contributed by atoms with van der Waals surface area (Å²) in [4.78, 5) is 12.1. The Labute approximate surface area is 94.4 Å². The molecular weight excluding hydrogens is 266 g/mol. The van der Waals surface area contributed by atoms with Crippen LogP contribution in [0, 0.1) is 5.41 Å². The molecule has 1 N–H and O–H groups in total. The summed E-state index contributed by atoms with van der Waals surface area (Å²) >= 11 is 4.58. The van der Waals surface area contributed by atoms with Crippen molar-refractivity contribution in [3.8, 4) is 0 Å². The molecule has 0 unspecified atom stereocenters. The predicted octanol–water partition coefficient (Wildman–Crippen LogP) is 1.44. The number of halogens is 1. The molecule has 2 rings (SSSR count). The van der Waals surface area contributed by atoms with Gasteiger partial charge in [-0.05, 0) is 29.8 Å². The zero-order valence-electron chi connectivity index (χ0n) is 7.49. The molecule has 1 aromatic rings. The molecule has 0 atom stereocenters. The van der Waals surface area contributed by atoms with Crippen molar-refractivity contribution in [3.05, 3.63) is 11.1 Å². The van der Waals surface area contributed by atoms with Crippen LogP contribution in [0.15, 0.2) is 6.20 Å². The van der Waals surface area contributed by atoms with E-state index in [1.807, 2.05) is 0 Å². The van der Waals surface area contributed by atoms with Gasteiger partial charge in [0.2, 0.25) is 0 Å². The Balaban J connectivity index is 1.84. The lowest BCUT2D eigenvalue weighted by Gasteiger charge is -2.11. The first kappa shape index (κ1) is 10.0. The summed E-state index contributed by atoms with van der Waals surface area (Å²) in [5.74, 6) is -0.0628. The fourth-order valence-electron chi connectivity index (χ4n) is 1.16. The Kier molecular flexibility index (Phi) is 2.83. The van der Waals surface area contributed by atoms with E-state index in [1.54, 1.807) is 0 Å². The zero-order valence-corrected chi connectivity index (χ0v) is 9.90. The molecule has 14 heavy (non-hydrogen) atoms. The minimum absolute atomic E-state index is 0.0628. The van der Waals surface area contributed by atoms with Gasteiger partial charge in [0.05, 0.1) is 6.20 Å². The number of hydrogen-bond acceptors (Lipinski definition) is 4. The Hall–Kier alpha value is -0.490. The second kappa shape index (κ2) is 3.94. The first-order chi connectivity index (χ1) is 6.76. The lowest BCUT2D eigenvalue weighted by Crippen LogP contribution is -2.30. The fourth-order valence-corrected chi connectivity index (χ4v) is 2.35. The molecule has 1 fully saturated rings. The molecule has 76 valence electrons. The van der Waals surface area contributed by atoms with E-state index in [-0.39, 0.29) is 5.91 Å². The van der Waals surface area contributed by atoms with Crippen LogP contribution >= 0.6 is 27.5 Å². The monoisotopic (exact) mass is 275 g/mol. The van der Waals surface area contributed by atoms with E-state index >= 15 is 0 Å². The molecule has 0 radical (unpaired) electrons. The Morgan fingerprint density at radius 1 is 1.71 bits per heavy atom.